The summed E-state index contributed by atoms with van der Waals surface area (Å²) in [4.78, 5) is 2.07. The Labute approximate surface area is 123 Å². The molecule has 0 saturated heterocycles. The maximum Gasteiger partial charge on any atom is 1.00 e. The smallest absolute Gasteiger partial charge is 0.411 e. The van der Waals surface area contributed by atoms with Crippen LogP contribution in [0.1, 0.15) is 26.7 Å². The molecule has 0 atom stereocenters. The summed E-state index contributed by atoms with van der Waals surface area (Å²) >= 11 is 9.78. The SMILES string of the molecule is CCCN(CCC)C(=S)[S-].[K+]. The maximum absolute atomic E-state index is 4.89. The van der Waals surface area contributed by atoms with E-state index in [9.17, 15) is 0 Å². The van der Waals surface area contributed by atoms with E-state index in [0.29, 0.717) is 4.32 Å². The molecule has 0 unspecified atom stereocenters. The molecular formula is C7H14KNS2. The quantitative estimate of drug-likeness (QED) is 0.335. The minimum Gasteiger partial charge on any atom is -0.411 e. The van der Waals surface area contributed by atoms with Gasteiger partial charge in [-0.2, -0.15) is 0 Å². The van der Waals surface area contributed by atoms with Crippen LogP contribution in [0.15, 0.2) is 0 Å². The molecule has 60 valence electrons. The average Bonchev–Trinajstić information content (AvgIpc) is 1.87. The van der Waals surface area contributed by atoms with E-state index in [1.165, 1.54) is 0 Å². The van der Waals surface area contributed by atoms with Crippen LogP contribution in [0.2, 0.25) is 0 Å². The zero-order valence-electron chi connectivity index (χ0n) is 7.59. The van der Waals surface area contributed by atoms with Gasteiger partial charge in [0.15, 0.2) is 0 Å². The van der Waals surface area contributed by atoms with Gasteiger partial charge in [-0.05, 0) is 12.8 Å². The van der Waals surface area contributed by atoms with Crippen molar-refractivity contribution in [2.24, 2.45) is 0 Å². The molecular weight excluding hydrogens is 201 g/mol. The van der Waals surface area contributed by atoms with Crippen molar-refractivity contribution in [2.45, 2.75) is 26.7 Å². The topological polar surface area (TPSA) is 3.24 Å². The van der Waals surface area contributed by atoms with Crippen molar-refractivity contribution in [3.8, 4) is 0 Å². The molecule has 0 fully saturated rings. The van der Waals surface area contributed by atoms with Gasteiger partial charge in [0.2, 0.25) is 0 Å². The molecule has 0 heterocycles. The molecule has 0 amide bonds. The fraction of sp³-hybridized carbons (Fsp3) is 0.857. The molecule has 0 bridgehead atoms. The number of rotatable bonds is 4. The van der Waals surface area contributed by atoms with Gasteiger partial charge in [-0.25, -0.2) is 0 Å². The second-order valence-corrected chi connectivity index (χ2v) is 3.28. The van der Waals surface area contributed by atoms with Gasteiger partial charge in [0.25, 0.3) is 0 Å². The summed E-state index contributed by atoms with van der Waals surface area (Å²) in [5.74, 6) is 0. The molecule has 0 spiro atoms. The van der Waals surface area contributed by atoms with Crippen LogP contribution in [0, 0.1) is 0 Å². The van der Waals surface area contributed by atoms with Crippen LogP contribution in [0.25, 0.3) is 0 Å². The molecule has 0 saturated carbocycles. The normalized spacial score (nSPS) is 8.55. The average molecular weight is 215 g/mol. The zero-order chi connectivity index (χ0) is 7.98. The summed E-state index contributed by atoms with van der Waals surface area (Å²) in [7, 11) is 0. The van der Waals surface area contributed by atoms with Crippen molar-refractivity contribution in [1.82, 2.24) is 4.90 Å². The predicted molar refractivity (Wildman–Crippen MR) is 52.1 cm³/mol. The summed E-state index contributed by atoms with van der Waals surface area (Å²) in [6.45, 7) is 6.29. The van der Waals surface area contributed by atoms with Crippen LogP contribution in [-0.4, -0.2) is 22.3 Å². The van der Waals surface area contributed by atoms with E-state index in [1.807, 2.05) is 0 Å². The van der Waals surface area contributed by atoms with Crippen LogP contribution in [-0.2, 0) is 12.6 Å². The molecule has 11 heavy (non-hydrogen) atoms. The molecule has 0 aliphatic heterocycles. The van der Waals surface area contributed by atoms with Gasteiger partial charge in [-0.1, -0.05) is 18.2 Å². The Balaban J connectivity index is 0. The third-order valence-electron chi connectivity index (χ3n) is 1.25. The second-order valence-electron chi connectivity index (χ2n) is 2.25. The van der Waals surface area contributed by atoms with Gasteiger partial charge in [-0.3, -0.25) is 0 Å². The molecule has 0 rings (SSSR count). The standard InChI is InChI=1S/C7H15NS2.K/c1-3-5-8(6-4-2)7(9)10;/h3-6H2,1-2H3,(H,9,10);/q;+1/p-1. The maximum atomic E-state index is 4.89. The first kappa shape index (κ1) is 15.2. The van der Waals surface area contributed by atoms with Crippen molar-refractivity contribution >= 4 is 29.2 Å². The van der Waals surface area contributed by atoms with E-state index >= 15 is 0 Å². The summed E-state index contributed by atoms with van der Waals surface area (Å²) in [5, 5.41) is 0. The third kappa shape index (κ3) is 8.09. The summed E-state index contributed by atoms with van der Waals surface area (Å²) in [6.07, 6.45) is 2.24. The van der Waals surface area contributed by atoms with Crippen LogP contribution in [0.5, 0.6) is 0 Å². The molecule has 0 N–H and O–H groups in total. The number of hydrogen-bond acceptors (Lipinski definition) is 2. The third-order valence-corrected chi connectivity index (χ3v) is 1.76. The molecule has 0 aromatic heterocycles. The van der Waals surface area contributed by atoms with Crippen molar-refractivity contribution in [3.63, 3.8) is 0 Å². The Morgan fingerprint density at radius 2 is 1.64 bits per heavy atom. The molecule has 1 nitrogen and oxygen atoms in total. The molecule has 0 radical (unpaired) electrons. The van der Waals surface area contributed by atoms with Gasteiger partial charge < -0.3 is 29.7 Å². The van der Waals surface area contributed by atoms with Gasteiger partial charge in [0.1, 0.15) is 0 Å². The summed E-state index contributed by atoms with van der Waals surface area (Å²) < 4.78 is 0.615. The monoisotopic (exact) mass is 215 g/mol. The first-order valence-corrected chi connectivity index (χ1v) is 4.50. The largest absolute Gasteiger partial charge is 1.00 e. The van der Waals surface area contributed by atoms with E-state index in [-0.39, 0.29) is 51.4 Å². The molecule has 0 aliphatic carbocycles. The van der Waals surface area contributed by atoms with Crippen molar-refractivity contribution in [3.05, 3.63) is 0 Å². The van der Waals surface area contributed by atoms with Crippen molar-refractivity contribution in [2.75, 3.05) is 13.1 Å². The van der Waals surface area contributed by atoms with E-state index in [2.05, 4.69) is 18.7 Å². The Morgan fingerprint density at radius 3 is 1.82 bits per heavy atom. The zero-order valence-corrected chi connectivity index (χ0v) is 12.3. The van der Waals surface area contributed by atoms with Gasteiger partial charge in [0, 0.05) is 13.1 Å². The van der Waals surface area contributed by atoms with E-state index in [4.69, 9.17) is 24.8 Å². The summed E-state index contributed by atoms with van der Waals surface area (Å²) in [5.41, 5.74) is 0. The van der Waals surface area contributed by atoms with Crippen LogP contribution in [0.4, 0.5) is 0 Å². The molecule has 0 aromatic rings. The Kier molecular flexibility index (Phi) is 13.6. The molecule has 4 heteroatoms. The predicted octanol–water partition coefficient (Wildman–Crippen LogP) is -1.06. The Morgan fingerprint density at radius 1 is 1.27 bits per heavy atom. The van der Waals surface area contributed by atoms with Crippen LogP contribution in [0.3, 0.4) is 0 Å². The van der Waals surface area contributed by atoms with Crippen LogP contribution >= 0.6 is 12.2 Å². The van der Waals surface area contributed by atoms with Gasteiger partial charge >= 0.3 is 51.4 Å². The Hall–Kier alpha value is 1.75. The Bertz CT molecular complexity index is 103. The van der Waals surface area contributed by atoms with Crippen molar-refractivity contribution in [1.29, 1.82) is 0 Å². The molecule has 0 aliphatic rings. The van der Waals surface area contributed by atoms with Crippen LogP contribution < -0.4 is 51.4 Å². The minimum absolute atomic E-state index is 0. The van der Waals surface area contributed by atoms with E-state index in [1.54, 1.807) is 0 Å². The second kappa shape index (κ2) is 9.83. The van der Waals surface area contributed by atoms with Gasteiger partial charge in [-0.15, -0.1) is 0 Å². The van der Waals surface area contributed by atoms with Crippen molar-refractivity contribution < 1.29 is 51.4 Å². The fourth-order valence-electron chi connectivity index (χ4n) is 0.834. The summed E-state index contributed by atoms with van der Waals surface area (Å²) in [6, 6.07) is 0. The first-order valence-electron chi connectivity index (χ1n) is 3.68. The number of thiocarbonyl (C=S) groups is 1. The van der Waals surface area contributed by atoms with Gasteiger partial charge in [0.05, 0.1) is 0 Å². The molecule has 0 aromatic carbocycles. The minimum atomic E-state index is 0. The number of hydrogen-bond donors (Lipinski definition) is 0. The fourth-order valence-corrected chi connectivity index (χ4v) is 1.20. The van der Waals surface area contributed by atoms with E-state index in [0.717, 1.165) is 25.9 Å². The number of nitrogens with zero attached hydrogens (tertiary/aromatic N) is 1. The first-order chi connectivity index (χ1) is 4.72. The van der Waals surface area contributed by atoms with E-state index < -0.39 is 0 Å².